The maximum atomic E-state index is 13.1. The van der Waals surface area contributed by atoms with E-state index in [1.54, 1.807) is 12.1 Å². The number of amides is 1. The second-order valence-electron chi connectivity index (χ2n) is 5.99. The van der Waals surface area contributed by atoms with Crippen molar-refractivity contribution >= 4 is 12.1 Å². The number of aliphatic hydroxyl groups is 1. The van der Waals surface area contributed by atoms with E-state index in [0.717, 1.165) is 18.2 Å². The molecule has 2 aromatic rings. The maximum Gasteiger partial charge on any atom is 0.438 e. The van der Waals surface area contributed by atoms with Crippen LogP contribution in [0.2, 0.25) is 0 Å². The molecule has 0 saturated carbocycles. The van der Waals surface area contributed by atoms with Crippen molar-refractivity contribution in [1.82, 2.24) is 5.01 Å². The minimum Gasteiger partial charge on any atom is -0.486 e. The van der Waals surface area contributed by atoms with Crippen LogP contribution < -0.4 is 4.74 Å². The number of alkyl halides is 3. The molecule has 144 valence electrons. The van der Waals surface area contributed by atoms with Gasteiger partial charge in [0.25, 0.3) is 5.72 Å². The van der Waals surface area contributed by atoms with Gasteiger partial charge >= 0.3 is 12.1 Å². The average molecular weight is 382 g/mol. The first-order valence-corrected chi connectivity index (χ1v) is 8.21. The summed E-state index contributed by atoms with van der Waals surface area (Å²) < 4.78 is 50.0. The molecule has 6 nitrogen and oxygen atoms in total. The number of nitrogens with zero attached hydrogens (tertiary/aromatic N) is 2. The number of furan rings is 1. The third-order valence-electron chi connectivity index (χ3n) is 4.15. The summed E-state index contributed by atoms with van der Waals surface area (Å²) in [7, 11) is 0. The molecule has 1 aromatic heterocycles. The van der Waals surface area contributed by atoms with E-state index in [0.29, 0.717) is 5.75 Å². The molecule has 0 saturated heterocycles. The number of rotatable bonds is 5. The fraction of sp³-hybridized carbons (Fsp3) is 0.333. The molecule has 9 heteroatoms. The normalized spacial score (nSPS) is 19.5. The van der Waals surface area contributed by atoms with E-state index >= 15 is 0 Å². The number of carbonyl (C=O) groups is 1. The lowest BCUT2D eigenvalue weighted by Gasteiger charge is -2.31. The number of aryl methyl sites for hydroxylation is 1. The lowest BCUT2D eigenvalue weighted by atomic mass is 10.1. The summed E-state index contributed by atoms with van der Waals surface area (Å²) in [4.78, 5) is 12.3. The minimum absolute atomic E-state index is 0.00837. The van der Waals surface area contributed by atoms with Gasteiger partial charge in [-0.25, -0.2) is 0 Å². The molecule has 0 bridgehead atoms. The molecule has 27 heavy (non-hydrogen) atoms. The third kappa shape index (κ3) is 3.68. The van der Waals surface area contributed by atoms with Gasteiger partial charge in [-0.05, 0) is 36.2 Å². The lowest BCUT2D eigenvalue weighted by Crippen LogP contribution is -2.56. The molecule has 1 aliphatic heterocycles. The Morgan fingerprint density at radius 2 is 2.00 bits per heavy atom. The van der Waals surface area contributed by atoms with Crippen molar-refractivity contribution in [3.8, 4) is 5.75 Å². The van der Waals surface area contributed by atoms with Gasteiger partial charge in [0.1, 0.15) is 18.1 Å². The zero-order valence-corrected chi connectivity index (χ0v) is 14.4. The number of halogens is 3. The number of hydrogen-bond donors (Lipinski definition) is 1. The van der Waals surface area contributed by atoms with Crippen LogP contribution in [0.1, 0.15) is 35.2 Å². The smallest absolute Gasteiger partial charge is 0.438 e. The van der Waals surface area contributed by atoms with Gasteiger partial charge in [-0.2, -0.15) is 23.3 Å². The molecule has 1 atom stereocenters. The highest BCUT2D eigenvalue weighted by molar-refractivity contribution is 5.93. The number of benzene rings is 1. The van der Waals surface area contributed by atoms with Crippen LogP contribution >= 0.6 is 0 Å². The highest BCUT2D eigenvalue weighted by Crippen LogP contribution is 2.39. The van der Waals surface area contributed by atoms with Gasteiger partial charge in [0.05, 0.1) is 0 Å². The largest absolute Gasteiger partial charge is 0.486 e. The van der Waals surface area contributed by atoms with Crippen LogP contribution in [0.5, 0.6) is 5.75 Å². The maximum absolute atomic E-state index is 13.1. The van der Waals surface area contributed by atoms with Crippen LogP contribution in [0, 0.1) is 0 Å². The lowest BCUT2D eigenvalue weighted by molar-refractivity contribution is -0.297. The fourth-order valence-corrected chi connectivity index (χ4v) is 2.54. The number of hydrogen-bond acceptors (Lipinski definition) is 5. The predicted molar refractivity (Wildman–Crippen MR) is 89.1 cm³/mol. The summed E-state index contributed by atoms with van der Waals surface area (Å²) in [5, 5.41) is 13.1. The Balaban J connectivity index is 1.68. The summed E-state index contributed by atoms with van der Waals surface area (Å²) in [6.45, 7) is 2.02. The quantitative estimate of drug-likeness (QED) is 0.859. The first kappa shape index (κ1) is 19.0. The second kappa shape index (κ2) is 7.07. The van der Waals surface area contributed by atoms with E-state index in [2.05, 4.69) is 5.10 Å². The first-order valence-electron chi connectivity index (χ1n) is 8.21. The van der Waals surface area contributed by atoms with Crippen LogP contribution in [0.4, 0.5) is 13.2 Å². The minimum atomic E-state index is -5.05. The van der Waals surface area contributed by atoms with E-state index in [1.165, 1.54) is 12.1 Å². The van der Waals surface area contributed by atoms with Crippen molar-refractivity contribution in [2.24, 2.45) is 5.10 Å². The van der Waals surface area contributed by atoms with Crippen molar-refractivity contribution in [3.05, 3.63) is 53.5 Å². The van der Waals surface area contributed by atoms with E-state index in [-0.39, 0.29) is 23.1 Å². The predicted octanol–water partition coefficient (Wildman–Crippen LogP) is 3.50. The van der Waals surface area contributed by atoms with Crippen molar-refractivity contribution in [2.75, 3.05) is 0 Å². The topological polar surface area (TPSA) is 75.3 Å². The molecular weight excluding hydrogens is 365 g/mol. The summed E-state index contributed by atoms with van der Waals surface area (Å²) in [5.74, 6) is -0.734. The van der Waals surface area contributed by atoms with E-state index in [4.69, 9.17) is 9.15 Å². The second-order valence-corrected chi connectivity index (χ2v) is 5.99. The van der Waals surface area contributed by atoms with Crippen molar-refractivity contribution in [3.63, 3.8) is 0 Å². The molecule has 1 aromatic carbocycles. The molecule has 0 unspecified atom stereocenters. The summed E-state index contributed by atoms with van der Waals surface area (Å²) in [6, 6.07) is 10.0. The zero-order valence-electron chi connectivity index (χ0n) is 14.4. The van der Waals surface area contributed by atoms with E-state index in [9.17, 15) is 23.1 Å². The molecule has 0 spiro atoms. The summed E-state index contributed by atoms with van der Waals surface area (Å²) >= 11 is 0. The highest BCUT2D eigenvalue weighted by atomic mass is 19.4. The number of hydrazone groups is 1. The Bertz CT molecular complexity index is 845. The van der Waals surface area contributed by atoms with Gasteiger partial charge in [0.15, 0.2) is 5.76 Å². The van der Waals surface area contributed by atoms with Crippen molar-refractivity contribution < 1.29 is 32.2 Å². The van der Waals surface area contributed by atoms with Crippen LogP contribution in [-0.4, -0.2) is 34.1 Å². The summed E-state index contributed by atoms with van der Waals surface area (Å²) in [5.41, 5.74) is -2.23. The Hall–Kier alpha value is -2.81. The van der Waals surface area contributed by atoms with Crippen molar-refractivity contribution in [1.29, 1.82) is 0 Å². The van der Waals surface area contributed by atoms with Gasteiger partial charge in [0.2, 0.25) is 0 Å². The summed E-state index contributed by atoms with van der Waals surface area (Å²) in [6.07, 6.45) is -4.17. The molecule has 0 fully saturated rings. The molecule has 0 aliphatic carbocycles. The molecule has 3 rings (SSSR count). The highest BCUT2D eigenvalue weighted by Gasteiger charge is 2.61. The first-order chi connectivity index (χ1) is 12.7. The molecule has 1 aliphatic rings. The SMILES string of the molecule is CCc1ccc(OCc2ccc(C(=O)N3N=CC[C@]3(O)C(F)(F)F)o2)cc1. The van der Waals surface area contributed by atoms with E-state index < -0.39 is 24.2 Å². The fourth-order valence-electron chi connectivity index (χ4n) is 2.54. The molecular formula is C18H17F3N2O4. The van der Waals surface area contributed by atoms with Crippen LogP contribution in [0.15, 0.2) is 45.9 Å². The Kier molecular flexibility index (Phi) is 4.97. The standard InChI is InChI=1S/C18H17F3N2O4/c1-2-12-3-5-13(6-4-12)26-11-14-7-8-15(27-14)16(24)23-17(25,9-10-22-23)18(19,20)21/h3-8,10,25H,2,9,11H2,1H3/t17-/m0/s1. The number of carbonyl (C=O) groups excluding carboxylic acids is 1. The zero-order chi connectivity index (χ0) is 19.7. The van der Waals surface area contributed by atoms with E-state index in [1.807, 2.05) is 19.1 Å². The third-order valence-corrected chi connectivity index (χ3v) is 4.15. The molecule has 2 heterocycles. The molecule has 0 radical (unpaired) electrons. The van der Waals surface area contributed by atoms with Gasteiger partial charge in [-0.1, -0.05) is 19.1 Å². The Morgan fingerprint density at radius 1 is 1.30 bits per heavy atom. The monoisotopic (exact) mass is 382 g/mol. The Morgan fingerprint density at radius 3 is 2.63 bits per heavy atom. The Labute approximate surface area is 152 Å². The van der Waals surface area contributed by atoms with Gasteiger partial charge in [0, 0.05) is 12.6 Å². The number of ether oxygens (including phenoxy) is 1. The van der Waals surface area contributed by atoms with Crippen LogP contribution in [0.3, 0.4) is 0 Å². The van der Waals surface area contributed by atoms with Gasteiger partial charge < -0.3 is 14.3 Å². The molecule has 1 amide bonds. The average Bonchev–Trinajstić information content (AvgIpc) is 3.27. The molecule has 1 N–H and O–H groups in total. The van der Waals surface area contributed by atoms with Crippen LogP contribution in [0.25, 0.3) is 0 Å². The van der Waals surface area contributed by atoms with Gasteiger partial charge in [-0.3, -0.25) is 4.79 Å². The van der Waals surface area contributed by atoms with Gasteiger partial charge in [-0.15, -0.1) is 0 Å². The van der Waals surface area contributed by atoms with Crippen molar-refractivity contribution in [2.45, 2.75) is 38.3 Å². The van der Waals surface area contributed by atoms with Crippen LogP contribution in [-0.2, 0) is 13.0 Å².